The molecule has 7 nitrogen and oxygen atoms in total. The van der Waals surface area contributed by atoms with Crippen LogP contribution in [0.15, 0.2) is 18.2 Å². The molecule has 1 unspecified atom stereocenters. The summed E-state index contributed by atoms with van der Waals surface area (Å²) < 4.78 is 44.4. The third kappa shape index (κ3) is 4.15. The number of amides is 2. The van der Waals surface area contributed by atoms with E-state index in [1.165, 1.54) is 0 Å². The van der Waals surface area contributed by atoms with Crippen LogP contribution in [0, 0.1) is 5.92 Å². The number of hydrogen-bond acceptors (Lipinski definition) is 4. The zero-order valence-corrected chi connectivity index (χ0v) is 14.8. The molecule has 1 saturated heterocycles. The molecule has 0 aliphatic carbocycles. The molecule has 1 aliphatic heterocycles. The van der Waals surface area contributed by atoms with E-state index in [9.17, 15) is 22.8 Å². The van der Waals surface area contributed by atoms with Gasteiger partial charge in [0, 0.05) is 26.1 Å². The van der Waals surface area contributed by atoms with Gasteiger partial charge in [-0.1, -0.05) is 0 Å². The minimum Gasteiger partial charge on any atom is -0.497 e. The van der Waals surface area contributed by atoms with E-state index in [-0.39, 0.29) is 19.5 Å². The first kappa shape index (κ1) is 19.0. The van der Waals surface area contributed by atoms with E-state index in [0.717, 1.165) is 5.52 Å². The van der Waals surface area contributed by atoms with E-state index in [1.54, 1.807) is 26.3 Å². The lowest BCUT2D eigenvalue weighted by Crippen LogP contribution is -2.37. The van der Waals surface area contributed by atoms with Crippen molar-refractivity contribution >= 4 is 22.8 Å². The van der Waals surface area contributed by atoms with E-state index in [1.807, 2.05) is 10.6 Å². The Bertz CT molecular complexity index is 878. The van der Waals surface area contributed by atoms with Gasteiger partial charge in [0.15, 0.2) is 0 Å². The summed E-state index contributed by atoms with van der Waals surface area (Å²) in [6.45, 7) is -1.46. The second kappa shape index (κ2) is 7.09. The molecule has 1 aliphatic rings. The molecule has 1 fully saturated rings. The van der Waals surface area contributed by atoms with Crippen LogP contribution < -0.4 is 10.1 Å². The Morgan fingerprint density at radius 3 is 2.81 bits per heavy atom. The predicted molar refractivity (Wildman–Crippen MR) is 89.9 cm³/mol. The number of methoxy groups -OCH3 is 1. The maximum Gasteiger partial charge on any atom is 0.406 e. The third-order valence-corrected chi connectivity index (χ3v) is 4.56. The van der Waals surface area contributed by atoms with Gasteiger partial charge >= 0.3 is 6.18 Å². The fourth-order valence-corrected chi connectivity index (χ4v) is 3.14. The maximum absolute atomic E-state index is 12.5. The Balaban J connectivity index is 1.63. The van der Waals surface area contributed by atoms with Crippen LogP contribution in [0.1, 0.15) is 12.2 Å². The van der Waals surface area contributed by atoms with Crippen LogP contribution in [0.25, 0.3) is 11.0 Å². The molecule has 2 heterocycles. The number of aromatic nitrogens is 2. The number of rotatable bonds is 5. The molecule has 10 heteroatoms. The lowest BCUT2D eigenvalue weighted by Gasteiger charge is -2.18. The summed E-state index contributed by atoms with van der Waals surface area (Å²) >= 11 is 0. The molecule has 0 saturated carbocycles. The number of likely N-dealkylation sites (tertiary alicyclic amines) is 1. The molecule has 1 aromatic carbocycles. The first-order valence-corrected chi connectivity index (χ1v) is 8.29. The van der Waals surface area contributed by atoms with Crippen molar-refractivity contribution in [3.8, 4) is 5.75 Å². The molecule has 0 bridgehead atoms. The molecular weight excluding hydrogens is 365 g/mol. The number of halogens is 3. The van der Waals surface area contributed by atoms with Gasteiger partial charge in [0.1, 0.15) is 18.1 Å². The van der Waals surface area contributed by atoms with Crippen molar-refractivity contribution in [1.29, 1.82) is 0 Å². The van der Waals surface area contributed by atoms with Crippen molar-refractivity contribution in [2.45, 2.75) is 19.1 Å². The van der Waals surface area contributed by atoms with Gasteiger partial charge in [-0.3, -0.25) is 9.59 Å². The second-order valence-corrected chi connectivity index (χ2v) is 6.45. The molecule has 1 atom stereocenters. The van der Waals surface area contributed by atoms with Crippen molar-refractivity contribution in [2.24, 2.45) is 13.0 Å². The molecule has 27 heavy (non-hydrogen) atoms. The normalized spacial score (nSPS) is 17.6. The Kier molecular flexibility index (Phi) is 4.99. The molecule has 0 spiro atoms. The molecule has 1 N–H and O–H groups in total. The molecule has 0 radical (unpaired) electrons. The van der Waals surface area contributed by atoms with Gasteiger partial charge < -0.3 is 19.5 Å². The van der Waals surface area contributed by atoms with Gasteiger partial charge in [-0.05, 0) is 12.1 Å². The SMILES string of the molecule is COc1ccc2c(c1)nc(CNC(=O)C1CC(=O)N(CC(F)(F)F)C1)n2C. The Hall–Kier alpha value is -2.78. The van der Waals surface area contributed by atoms with Crippen molar-refractivity contribution in [2.75, 3.05) is 20.2 Å². The molecule has 2 aromatic rings. The first-order valence-electron chi connectivity index (χ1n) is 8.29. The largest absolute Gasteiger partial charge is 0.497 e. The summed E-state index contributed by atoms with van der Waals surface area (Å²) in [6, 6.07) is 5.41. The minimum absolute atomic E-state index is 0.107. The number of nitrogens with zero attached hydrogens (tertiary/aromatic N) is 3. The fourth-order valence-electron chi connectivity index (χ4n) is 3.14. The summed E-state index contributed by atoms with van der Waals surface area (Å²) in [5, 5.41) is 2.66. The Labute approximate surface area is 153 Å². The first-order chi connectivity index (χ1) is 12.7. The number of alkyl halides is 3. The van der Waals surface area contributed by atoms with E-state index >= 15 is 0 Å². The highest BCUT2D eigenvalue weighted by Gasteiger charge is 2.40. The average Bonchev–Trinajstić information content (AvgIpc) is 3.11. The highest BCUT2D eigenvalue weighted by Crippen LogP contribution is 2.24. The topological polar surface area (TPSA) is 76.5 Å². The van der Waals surface area contributed by atoms with Crippen LogP contribution in [-0.4, -0.2) is 52.6 Å². The van der Waals surface area contributed by atoms with E-state index in [0.29, 0.717) is 22.0 Å². The van der Waals surface area contributed by atoms with E-state index in [4.69, 9.17) is 4.74 Å². The summed E-state index contributed by atoms with van der Waals surface area (Å²) in [5.74, 6) is -0.678. The number of benzene rings is 1. The molecule has 146 valence electrons. The average molecular weight is 384 g/mol. The summed E-state index contributed by atoms with van der Waals surface area (Å²) in [6.07, 6.45) is -4.70. The number of ether oxygens (including phenoxy) is 1. The number of imidazole rings is 1. The number of fused-ring (bicyclic) bond motifs is 1. The smallest absolute Gasteiger partial charge is 0.406 e. The second-order valence-electron chi connectivity index (χ2n) is 6.45. The van der Waals surface area contributed by atoms with Crippen molar-refractivity contribution < 1.29 is 27.5 Å². The van der Waals surface area contributed by atoms with Crippen LogP contribution in [0.5, 0.6) is 5.75 Å². The van der Waals surface area contributed by atoms with Crippen LogP contribution >= 0.6 is 0 Å². The molecule has 1 aromatic heterocycles. The summed E-state index contributed by atoms with van der Waals surface area (Å²) in [5.41, 5.74) is 1.56. The zero-order chi connectivity index (χ0) is 19.8. The molecule has 2 amide bonds. The zero-order valence-electron chi connectivity index (χ0n) is 14.8. The Morgan fingerprint density at radius 2 is 2.15 bits per heavy atom. The van der Waals surface area contributed by atoms with Crippen molar-refractivity contribution in [3.05, 3.63) is 24.0 Å². The standard InChI is InChI=1S/C17H19F3N4O3/c1-23-13-4-3-11(27-2)6-12(13)22-14(23)7-21-16(26)10-5-15(25)24(8-10)9-17(18,19)20/h3-4,6,10H,5,7-9H2,1-2H3,(H,21,26). The van der Waals surface area contributed by atoms with Gasteiger partial charge in [-0.15, -0.1) is 0 Å². The molecular formula is C17H19F3N4O3. The minimum atomic E-state index is -4.48. The number of nitrogens with one attached hydrogen (secondary N) is 1. The molecule has 3 rings (SSSR count). The fraction of sp³-hybridized carbons (Fsp3) is 0.471. The highest BCUT2D eigenvalue weighted by molar-refractivity contribution is 5.89. The van der Waals surface area contributed by atoms with Gasteiger partial charge in [0.2, 0.25) is 11.8 Å². The van der Waals surface area contributed by atoms with Gasteiger partial charge in [0.05, 0.1) is 30.6 Å². The number of carbonyl (C=O) groups is 2. The van der Waals surface area contributed by atoms with Crippen LogP contribution in [0.3, 0.4) is 0 Å². The third-order valence-electron chi connectivity index (χ3n) is 4.56. The lowest BCUT2D eigenvalue weighted by atomic mass is 10.1. The van der Waals surface area contributed by atoms with Gasteiger partial charge in [-0.2, -0.15) is 13.2 Å². The summed E-state index contributed by atoms with van der Waals surface area (Å²) in [7, 11) is 3.35. The number of carbonyl (C=O) groups excluding carboxylic acids is 2. The van der Waals surface area contributed by atoms with Crippen LogP contribution in [-0.2, 0) is 23.2 Å². The van der Waals surface area contributed by atoms with Crippen LogP contribution in [0.2, 0.25) is 0 Å². The number of hydrogen-bond donors (Lipinski definition) is 1. The monoisotopic (exact) mass is 384 g/mol. The lowest BCUT2D eigenvalue weighted by molar-refractivity contribution is -0.157. The van der Waals surface area contributed by atoms with Crippen molar-refractivity contribution in [3.63, 3.8) is 0 Å². The Morgan fingerprint density at radius 1 is 1.41 bits per heavy atom. The maximum atomic E-state index is 12.5. The van der Waals surface area contributed by atoms with Gasteiger partial charge in [0.25, 0.3) is 0 Å². The highest BCUT2D eigenvalue weighted by atomic mass is 19.4. The number of aryl methyl sites for hydroxylation is 1. The van der Waals surface area contributed by atoms with E-state index < -0.39 is 30.5 Å². The van der Waals surface area contributed by atoms with Crippen molar-refractivity contribution in [1.82, 2.24) is 19.8 Å². The van der Waals surface area contributed by atoms with Gasteiger partial charge in [-0.25, -0.2) is 4.98 Å². The quantitative estimate of drug-likeness (QED) is 0.850. The summed E-state index contributed by atoms with van der Waals surface area (Å²) in [4.78, 5) is 29.1. The van der Waals surface area contributed by atoms with E-state index in [2.05, 4.69) is 10.3 Å². The predicted octanol–water partition coefficient (Wildman–Crippen LogP) is 1.61. The van der Waals surface area contributed by atoms with Crippen LogP contribution in [0.4, 0.5) is 13.2 Å².